The topological polar surface area (TPSA) is 90.5 Å². The van der Waals surface area contributed by atoms with Crippen molar-refractivity contribution < 1.29 is 4.79 Å². The lowest BCUT2D eigenvalue weighted by Gasteiger charge is -2.10. The Kier molecular flexibility index (Phi) is 4.53. The van der Waals surface area contributed by atoms with E-state index in [2.05, 4.69) is 25.5 Å². The van der Waals surface area contributed by atoms with Crippen molar-refractivity contribution in [3.63, 3.8) is 0 Å². The van der Waals surface area contributed by atoms with Crippen LogP contribution in [0.5, 0.6) is 0 Å². The molecule has 0 radical (unpaired) electrons. The highest BCUT2D eigenvalue weighted by Crippen LogP contribution is 2.39. The Morgan fingerprint density at radius 1 is 1.09 bits per heavy atom. The summed E-state index contributed by atoms with van der Waals surface area (Å²) in [6.07, 6.45) is 10.1. The van der Waals surface area contributed by atoms with Crippen LogP contribution >= 0.6 is 11.6 Å². The summed E-state index contributed by atoms with van der Waals surface area (Å²) in [5.41, 5.74) is 2.95. The monoisotopic (exact) mass is 445 g/mol. The molecule has 2 fully saturated rings. The summed E-state index contributed by atoms with van der Waals surface area (Å²) >= 11 is 6.42. The molecule has 2 saturated carbocycles. The number of carbonyl (C=O) groups excluding carboxylic acids is 1. The molecular weight excluding hydrogens is 426 g/mol. The highest BCUT2D eigenvalue weighted by molar-refractivity contribution is 6.32. The average Bonchev–Trinajstić information content (AvgIpc) is 3.74. The number of nitrogens with one attached hydrogen (secondary N) is 1. The van der Waals surface area contributed by atoms with Crippen molar-refractivity contribution in [2.24, 2.45) is 0 Å². The molecule has 1 amide bonds. The molecule has 1 N–H and O–H groups in total. The second-order valence-electron chi connectivity index (χ2n) is 8.30. The Hall–Kier alpha value is -3.52. The Balaban J connectivity index is 1.25. The number of nitrogens with zero attached hydrogens (tertiary/aromatic N) is 6. The normalized spacial score (nSPS) is 15.7. The minimum absolute atomic E-state index is 0.265. The summed E-state index contributed by atoms with van der Waals surface area (Å²) in [7, 11) is 0. The number of anilines is 1. The first-order valence-corrected chi connectivity index (χ1v) is 11.1. The highest BCUT2D eigenvalue weighted by atomic mass is 35.5. The second-order valence-corrected chi connectivity index (χ2v) is 8.71. The van der Waals surface area contributed by atoms with Gasteiger partial charge in [0.05, 0.1) is 22.7 Å². The van der Waals surface area contributed by atoms with E-state index in [1.807, 2.05) is 27.5 Å². The maximum absolute atomic E-state index is 13.0. The fourth-order valence-corrected chi connectivity index (χ4v) is 3.99. The lowest BCUT2D eigenvalue weighted by Crippen LogP contribution is -2.14. The quantitative estimate of drug-likeness (QED) is 0.466. The Bertz CT molecular complexity index is 1320. The number of amides is 1. The molecular formula is C23H20ClN7O. The van der Waals surface area contributed by atoms with Gasteiger partial charge in [-0.1, -0.05) is 17.7 Å². The third-order valence-corrected chi connectivity index (χ3v) is 6.14. The molecule has 0 aliphatic heterocycles. The van der Waals surface area contributed by atoms with Gasteiger partial charge in [-0.2, -0.15) is 0 Å². The Morgan fingerprint density at radius 2 is 1.97 bits per heavy atom. The smallest absolute Gasteiger partial charge is 0.256 e. The van der Waals surface area contributed by atoms with Crippen molar-refractivity contribution in [2.75, 3.05) is 5.32 Å². The molecule has 0 saturated heterocycles. The zero-order chi connectivity index (χ0) is 21.7. The van der Waals surface area contributed by atoms with Crippen LogP contribution in [0.1, 0.15) is 53.7 Å². The Morgan fingerprint density at radius 3 is 2.78 bits per heavy atom. The first kappa shape index (κ1) is 19.2. The number of benzene rings is 1. The van der Waals surface area contributed by atoms with Gasteiger partial charge in [0.2, 0.25) is 0 Å². The number of hydrogen-bond donors (Lipinski definition) is 1. The molecule has 2 aliphatic carbocycles. The van der Waals surface area contributed by atoms with Gasteiger partial charge in [-0.3, -0.25) is 4.79 Å². The van der Waals surface area contributed by atoms with E-state index in [1.165, 1.54) is 12.8 Å². The molecule has 6 rings (SSSR count). The molecule has 0 spiro atoms. The summed E-state index contributed by atoms with van der Waals surface area (Å²) in [6.45, 7) is 0. The van der Waals surface area contributed by atoms with Gasteiger partial charge < -0.3 is 14.5 Å². The molecule has 3 aromatic heterocycles. The van der Waals surface area contributed by atoms with E-state index in [0.29, 0.717) is 39.9 Å². The molecule has 0 unspecified atom stereocenters. The van der Waals surface area contributed by atoms with Gasteiger partial charge in [0, 0.05) is 23.7 Å². The van der Waals surface area contributed by atoms with Crippen molar-refractivity contribution in [1.29, 1.82) is 0 Å². The van der Waals surface area contributed by atoms with Crippen LogP contribution in [0, 0.1) is 0 Å². The predicted octanol–water partition coefficient (Wildman–Crippen LogP) is 4.64. The van der Waals surface area contributed by atoms with Crippen LogP contribution in [-0.4, -0.2) is 35.2 Å². The number of rotatable bonds is 6. The lowest BCUT2D eigenvalue weighted by atomic mass is 10.2. The number of pyridine rings is 1. The number of carbonyl (C=O) groups is 1. The molecule has 0 atom stereocenters. The van der Waals surface area contributed by atoms with Crippen LogP contribution in [-0.2, 0) is 0 Å². The molecule has 2 aliphatic rings. The molecule has 3 heterocycles. The largest absolute Gasteiger partial charge is 0.309 e. The van der Waals surface area contributed by atoms with E-state index in [1.54, 1.807) is 36.9 Å². The summed E-state index contributed by atoms with van der Waals surface area (Å²) in [5.74, 6) is 1.45. The fourth-order valence-electron chi connectivity index (χ4n) is 3.77. The summed E-state index contributed by atoms with van der Waals surface area (Å²) in [4.78, 5) is 22.0. The minimum atomic E-state index is -0.265. The number of imidazole rings is 1. The number of aromatic nitrogens is 6. The highest BCUT2D eigenvalue weighted by Gasteiger charge is 2.27. The van der Waals surface area contributed by atoms with Crippen molar-refractivity contribution in [2.45, 2.75) is 37.6 Å². The van der Waals surface area contributed by atoms with Crippen LogP contribution in [0.4, 0.5) is 5.82 Å². The van der Waals surface area contributed by atoms with Crippen LogP contribution in [0.2, 0.25) is 5.02 Å². The number of halogens is 1. The van der Waals surface area contributed by atoms with Crippen LogP contribution in [0.3, 0.4) is 0 Å². The maximum atomic E-state index is 13.0. The molecule has 8 nitrogen and oxygen atoms in total. The van der Waals surface area contributed by atoms with E-state index in [9.17, 15) is 4.79 Å². The Labute approximate surface area is 189 Å². The van der Waals surface area contributed by atoms with Gasteiger partial charge in [0.25, 0.3) is 5.91 Å². The SMILES string of the molecule is O=C(Nc1cccc(-c2nncn2C2CC2)n1)c1ccc(Cl)c(-n2cnc(C3CC3)c2)c1. The minimum Gasteiger partial charge on any atom is -0.309 e. The first-order chi connectivity index (χ1) is 15.7. The fraction of sp³-hybridized carbons (Fsp3) is 0.261. The zero-order valence-corrected chi connectivity index (χ0v) is 17.9. The maximum Gasteiger partial charge on any atom is 0.256 e. The lowest BCUT2D eigenvalue weighted by molar-refractivity contribution is 0.102. The predicted molar refractivity (Wildman–Crippen MR) is 120 cm³/mol. The van der Waals surface area contributed by atoms with E-state index in [0.717, 1.165) is 24.2 Å². The van der Waals surface area contributed by atoms with Gasteiger partial charge in [0.1, 0.15) is 17.8 Å². The van der Waals surface area contributed by atoms with Crippen molar-refractivity contribution in [3.05, 3.63) is 71.5 Å². The zero-order valence-electron chi connectivity index (χ0n) is 17.1. The van der Waals surface area contributed by atoms with Gasteiger partial charge >= 0.3 is 0 Å². The summed E-state index contributed by atoms with van der Waals surface area (Å²) in [6, 6.07) is 11.1. The van der Waals surface area contributed by atoms with Crippen molar-refractivity contribution in [1.82, 2.24) is 29.3 Å². The molecule has 32 heavy (non-hydrogen) atoms. The average molecular weight is 446 g/mol. The van der Waals surface area contributed by atoms with Crippen LogP contribution in [0.15, 0.2) is 55.2 Å². The third-order valence-electron chi connectivity index (χ3n) is 5.82. The molecule has 4 aromatic rings. The van der Waals surface area contributed by atoms with E-state index in [4.69, 9.17) is 11.6 Å². The first-order valence-electron chi connectivity index (χ1n) is 10.7. The standard InChI is InChI=1S/C23H20ClN7O/c24-17-9-6-15(10-20(17)30-11-19(25-12-30)14-4-5-14)23(32)28-21-3-1-2-18(27-21)22-29-26-13-31(22)16-7-8-16/h1-3,6,9-14,16H,4-5,7-8H2,(H,27,28,32). The van der Waals surface area contributed by atoms with Crippen LogP contribution in [0.25, 0.3) is 17.2 Å². The van der Waals surface area contributed by atoms with E-state index < -0.39 is 0 Å². The number of hydrogen-bond acceptors (Lipinski definition) is 5. The summed E-state index contributed by atoms with van der Waals surface area (Å²) in [5, 5.41) is 11.7. The van der Waals surface area contributed by atoms with Crippen LogP contribution < -0.4 is 5.32 Å². The van der Waals surface area contributed by atoms with E-state index in [-0.39, 0.29) is 5.91 Å². The van der Waals surface area contributed by atoms with Crippen molar-refractivity contribution in [3.8, 4) is 17.2 Å². The second kappa shape index (κ2) is 7.56. The molecule has 1 aromatic carbocycles. The van der Waals surface area contributed by atoms with Gasteiger partial charge in [0.15, 0.2) is 5.82 Å². The van der Waals surface area contributed by atoms with E-state index >= 15 is 0 Å². The molecule has 0 bridgehead atoms. The summed E-state index contributed by atoms with van der Waals surface area (Å²) < 4.78 is 3.91. The van der Waals surface area contributed by atoms with Gasteiger partial charge in [-0.05, 0) is 56.0 Å². The molecule has 160 valence electrons. The third kappa shape index (κ3) is 3.67. The van der Waals surface area contributed by atoms with Gasteiger partial charge in [-0.25, -0.2) is 9.97 Å². The van der Waals surface area contributed by atoms with Crippen molar-refractivity contribution >= 4 is 23.3 Å². The van der Waals surface area contributed by atoms with Gasteiger partial charge in [-0.15, -0.1) is 10.2 Å². The molecule has 9 heteroatoms.